The van der Waals surface area contributed by atoms with Crippen LogP contribution < -0.4 is 5.32 Å². The SMILES string of the molecule is CC1CCc2c(sc(NC(=O)CN3CCN(Cc4cccc(F)c4)CC3)c2C#N)C1. The second-order valence-corrected chi connectivity index (χ2v) is 9.50. The number of carbonyl (C=O) groups excluding carboxylic acids is 1. The molecule has 2 aliphatic rings. The molecule has 2 heterocycles. The van der Waals surface area contributed by atoms with Gasteiger partial charge in [0.1, 0.15) is 16.9 Å². The topological polar surface area (TPSA) is 59.4 Å². The number of amides is 1. The van der Waals surface area contributed by atoms with Crippen molar-refractivity contribution in [3.05, 3.63) is 51.7 Å². The molecule has 1 aromatic heterocycles. The average Bonchev–Trinajstić information content (AvgIpc) is 3.05. The van der Waals surface area contributed by atoms with Crippen LogP contribution in [-0.4, -0.2) is 48.4 Å². The van der Waals surface area contributed by atoms with E-state index in [4.69, 9.17) is 0 Å². The highest BCUT2D eigenvalue weighted by Crippen LogP contribution is 2.39. The fraction of sp³-hybridized carbons (Fsp3) is 0.478. The molecule has 1 aromatic carbocycles. The summed E-state index contributed by atoms with van der Waals surface area (Å²) in [5, 5.41) is 13.3. The van der Waals surface area contributed by atoms with E-state index < -0.39 is 0 Å². The molecule has 2 aromatic rings. The molecule has 30 heavy (non-hydrogen) atoms. The first-order chi connectivity index (χ1) is 14.5. The van der Waals surface area contributed by atoms with Gasteiger partial charge < -0.3 is 5.32 Å². The summed E-state index contributed by atoms with van der Waals surface area (Å²) in [7, 11) is 0. The second-order valence-electron chi connectivity index (χ2n) is 8.40. The molecular formula is C23H27FN4OS. The van der Waals surface area contributed by atoms with Crippen LogP contribution >= 0.6 is 11.3 Å². The van der Waals surface area contributed by atoms with Gasteiger partial charge in [-0.25, -0.2) is 4.39 Å². The molecule has 1 aliphatic carbocycles. The Morgan fingerprint density at radius 1 is 1.30 bits per heavy atom. The molecule has 0 bridgehead atoms. The highest BCUT2D eigenvalue weighted by molar-refractivity contribution is 7.16. The van der Waals surface area contributed by atoms with Gasteiger partial charge in [0.25, 0.3) is 0 Å². The van der Waals surface area contributed by atoms with Crippen LogP contribution in [-0.2, 0) is 24.2 Å². The Morgan fingerprint density at radius 2 is 2.07 bits per heavy atom. The van der Waals surface area contributed by atoms with Gasteiger partial charge in [-0.3, -0.25) is 14.6 Å². The average molecular weight is 427 g/mol. The summed E-state index contributed by atoms with van der Waals surface area (Å²) in [4.78, 5) is 18.3. The summed E-state index contributed by atoms with van der Waals surface area (Å²) in [5.41, 5.74) is 2.78. The Bertz CT molecular complexity index is 959. The van der Waals surface area contributed by atoms with E-state index in [1.54, 1.807) is 23.5 Å². The summed E-state index contributed by atoms with van der Waals surface area (Å²) in [6, 6.07) is 9.03. The molecule has 0 spiro atoms. The van der Waals surface area contributed by atoms with E-state index in [1.807, 2.05) is 6.07 Å². The predicted octanol–water partition coefficient (Wildman–Crippen LogP) is 3.64. The Hall–Kier alpha value is -2.27. The highest BCUT2D eigenvalue weighted by Gasteiger charge is 2.25. The number of hydrogen-bond donors (Lipinski definition) is 1. The van der Waals surface area contributed by atoms with E-state index in [0.717, 1.165) is 63.1 Å². The summed E-state index contributed by atoms with van der Waals surface area (Å²) < 4.78 is 13.4. The number of halogens is 1. The van der Waals surface area contributed by atoms with Crippen LogP contribution in [0, 0.1) is 23.1 Å². The van der Waals surface area contributed by atoms with Gasteiger partial charge in [-0.05, 0) is 48.4 Å². The molecule has 4 rings (SSSR count). The quantitative estimate of drug-likeness (QED) is 0.793. The van der Waals surface area contributed by atoms with E-state index >= 15 is 0 Å². The van der Waals surface area contributed by atoms with Gasteiger partial charge in [0, 0.05) is 37.6 Å². The number of thiophene rings is 1. The molecule has 1 unspecified atom stereocenters. The minimum atomic E-state index is -0.204. The number of hydrogen-bond acceptors (Lipinski definition) is 5. The monoisotopic (exact) mass is 426 g/mol. The van der Waals surface area contributed by atoms with E-state index in [0.29, 0.717) is 23.0 Å². The number of benzene rings is 1. The lowest BCUT2D eigenvalue weighted by Gasteiger charge is -2.34. The Balaban J connectivity index is 1.29. The first-order valence-corrected chi connectivity index (χ1v) is 11.4. The van der Waals surface area contributed by atoms with E-state index in [9.17, 15) is 14.4 Å². The summed E-state index contributed by atoms with van der Waals surface area (Å²) >= 11 is 1.57. The van der Waals surface area contributed by atoms with Crippen LogP contribution in [0.2, 0.25) is 0 Å². The molecule has 1 atom stereocenters. The first-order valence-electron chi connectivity index (χ1n) is 10.6. The number of piperazine rings is 1. The van der Waals surface area contributed by atoms with Gasteiger partial charge in [-0.1, -0.05) is 19.1 Å². The van der Waals surface area contributed by atoms with Crippen molar-refractivity contribution >= 4 is 22.2 Å². The van der Waals surface area contributed by atoms with Crippen molar-refractivity contribution in [1.29, 1.82) is 5.26 Å². The molecule has 0 radical (unpaired) electrons. The van der Waals surface area contributed by atoms with Crippen LogP contribution in [0.15, 0.2) is 24.3 Å². The van der Waals surface area contributed by atoms with Gasteiger partial charge in [-0.2, -0.15) is 5.26 Å². The maximum atomic E-state index is 13.4. The fourth-order valence-corrected chi connectivity index (χ4v) is 5.70. The zero-order valence-corrected chi connectivity index (χ0v) is 18.1. The molecule has 5 nitrogen and oxygen atoms in total. The molecule has 158 valence electrons. The van der Waals surface area contributed by atoms with Crippen molar-refractivity contribution in [2.75, 3.05) is 38.0 Å². The van der Waals surface area contributed by atoms with Gasteiger partial charge in [-0.15, -0.1) is 11.3 Å². The molecule has 1 N–H and O–H groups in total. The maximum Gasteiger partial charge on any atom is 0.239 e. The zero-order chi connectivity index (χ0) is 21.1. The number of rotatable bonds is 5. The van der Waals surface area contributed by atoms with Crippen molar-refractivity contribution in [3.8, 4) is 6.07 Å². The third kappa shape index (κ3) is 4.89. The van der Waals surface area contributed by atoms with Gasteiger partial charge in [0.2, 0.25) is 5.91 Å². The molecule has 1 aliphatic heterocycles. The van der Waals surface area contributed by atoms with E-state index in [-0.39, 0.29) is 11.7 Å². The van der Waals surface area contributed by atoms with Crippen molar-refractivity contribution in [2.24, 2.45) is 5.92 Å². The molecule has 0 saturated carbocycles. The van der Waals surface area contributed by atoms with Crippen molar-refractivity contribution in [1.82, 2.24) is 9.80 Å². The van der Waals surface area contributed by atoms with Crippen molar-refractivity contribution in [3.63, 3.8) is 0 Å². The second kappa shape index (κ2) is 9.25. The first kappa shape index (κ1) is 21.0. The van der Waals surface area contributed by atoms with Gasteiger partial charge >= 0.3 is 0 Å². The number of nitrogens with zero attached hydrogens (tertiary/aromatic N) is 3. The van der Waals surface area contributed by atoms with E-state index in [2.05, 4.69) is 28.1 Å². The van der Waals surface area contributed by atoms with Crippen LogP contribution in [0.25, 0.3) is 0 Å². The number of fused-ring (bicyclic) bond motifs is 1. The van der Waals surface area contributed by atoms with E-state index in [1.165, 1.54) is 10.9 Å². The fourth-order valence-electron chi connectivity index (χ4n) is 4.33. The van der Waals surface area contributed by atoms with Crippen LogP contribution in [0.3, 0.4) is 0 Å². The molecule has 1 fully saturated rings. The number of anilines is 1. The third-order valence-corrected chi connectivity index (χ3v) is 7.17. The normalized spacial score (nSPS) is 19.8. The minimum Gasteiger partial charge on any atom is -0.315 e. The Kier molecular flexibility index (Phi) is 6.47. The summed E-state index contributed by atoms with van der Waals surface area (Å²) in [6.07, 6.45) is 3.03. The number of carbonyl (C=O) groups is 1. The lowest BCUT2D eigenvalue weighted by Crippen LogP contribution is -2.48. The van der Waals surface area contributed by atoms with Crippen LogP contribution in [0.4, 0.5) is 9.39 Å². The van der Waals surface area contributed by atoms with Crippen LogP contribution in [0.1, 0.15) is 34.9 Å². The number of nitrogens with one attached hydrogen (secondary N) is 1. The molecular weight excluding hydrogens is 399 g/mol. The Morgan fingerprint density at radius 3 is 2.80 bits per heavy atom. The smallest absolute Gasteiger partial charge is 0.239 e. The molecule has 7 heteroatoms. The molecule has 1 amide bonds. The third-order valence-electron chi connectivity index (χ3n) is 6.00. The number of nitriles is 1. The lowest BCUT2D eigenvalue weighted by atomic mass is 9.89. The van der Waals surface area contributed by atoms with Crippen molar-refractivity contribution < 1.29 is 9.18 Å². The zero-order valence-electron chi connectivity index (χ0n) is 17.3. The Labute approximate surface area is 181 Å². The standard InChI is InChI=1S/C23H27FN4OS/c1-16-5-6-19-20(13-25)23(30-21(19)11-16)26-22(29)15-28-9-7-27(8-10-28)14-17-3-2-4-18(24)12-17/h2-4,12,16H,5-11,14-15H2,1H3,(H,26,29). The van der Waals surface area contributed by atoms with Gasteiger partial charge in [0.05, 0.1) is 12.1 Å². The van der Waals surface area contributed by atoms with Crippen LogP contribution in [0.5, 0.6) is 0 Å². The lowest BCUT2D eigenvalue weighted by molar-refractivity contribution is -0.117. The summed E-state index contributed by atoms with van der Waals surface area (Å²) in [6.45, 7) is 6.58. The van der Waals surface area contributed by atoms with Crippen molar-refractivity contribution in [2.45, 2.75) is 32.7 Å². The summed E-state index contributed by atoms with van der Waals surface area (Å²) in [5.74, 6) is 0.371. The minimum absolute atomic E-state index is 0.0586. The molecule has 1 saturated heterocycles. The predicted molar refractivity (Wildman–Crippen MR) is 117 cm³/mol. The highest BCUT2D eigenvalue weighted by atomic mass is 32.1. The maximum absolute atomic E-state index is 13.4. The van der Waals surface area contributed by atoms with Gasteiger partial charge in [0.15, 0.2) is 0 Å². The largest absolute Gasteiger partial charge is 0.315 e.